The molecule has 122 valence electrons. The number of carbonyl (C=O) groups excluding carboxylic acids is 1. The molecule has 0 heterocycles. The van der Waals surface area contributed by atoms with Crippen molar-refractivity contribution in [2.45, 2.75) is 52.2 Å². The van der Waals surface area contributed by atoms with E-state index >= 15 is 0 Å². The maximum Gasteiger partial charge on any atom is 0.410 e. The fourth-order valence-corrected chi connectivity index (χ4v) is 1.94. The van der Waals surface area contributed by atoms with Gasteiger partial charge in [0.25, 0.3) is 0 Å². The van der Waals surface area contributed by atoms with Gasteiger partial charge in [-0.1, -0.05) is 30.3 Å². The number of benzene rings is 1. The molecule has 0 aliphatic carbocycles. The van der Waals surface area contributed by atoms with Crippen molar-refractivity contribution in [2.24, 2.45) is 0 Å². The van der Waals surface area contributed by atoms with Gasteiger partial charge in [-0.15, -0.1) is 0 Å². The van der Waals surface area contributed by atoms with Gasteiger partial charge in [-0.05, 0) is 39.2 Å². The second kappa shape index (κ2) is 8.41. The Hall–Kier alpha value is -2.04. The topological polar surface area (TPSA) is 66.8 Å². The summed E-state index contributed by atoms with van der Waals surface area (Å²) in [6.45, 7) is 6.43. The van der Waals surface area contributed by atoms with Gasteiger partial charge in [-0.25, -0.2) is 4.79 Å². The minimum absolute atomic E-state index is 0.119. The molecule has 5 nitrogen and oxygen atoms in total. The minimum Gasteiger partial charge on any atom is -0.481 e. The van der Waals surface area contributed by atoms with Gasteiger partial charge in [0.05, 0.1) is 0 Å². The number of carboxylic acids is 1. The van der Waals surface area contributed by atoms with Crippen LogP contribution in [-0.4, -0.2) is 34.2 Å². The zero-order valence-corrected chi connectivity index (χ0v) is 13.5. The molecule has 5 heteroatoms. The third kappa shape index (κ3) is 7.67. The number of hydrogen-bond acceptors (Lipinski definition) is 3. The summed E-state index contributed by atoms with van der Waals surface area (Å²) in [4.78, 5) is 24.5. The number of hydrogen-bond donors (Lipinski definition) is 1. The van der Waals surface area contributed by atoms with Crippen LogP contribution in [-0.2, 0) is 16.1 Å². The van der Waals surface area contributed by atoms with Crippen LogP contribution >= 0.6 is 0 Å². The Morgan fingerprint density at radius 1 is 1.14 bits per heavy atom. The van der Waals surface area contributed by atoms with E-state index in [1.165, 1.54) is 0 Å². The highest BCUT2D eigenvalue weighted by Gasteiger charge is 2.22. The predicted octanol–water partition coefficient (Wildman–Crippen LogP) is 3.68. The normalized spacial score (nSPS) is 11.0. The lowest BCUT2D eigenvalue weighted by molar-refractivity contribution is -0.137. The lowest BCUT2D eigenvalue weighted by Crippen LogP contribution is -2.37. The molecule has 22 heavy (non-hydrogen) atoms. The van der Waals surface area contributed by atoms with Crippen molar-refractivity contribution in [1.29, 1.82) is 0 Å². The molecule has 0 aromatic heterocycles. The van der Waals surface area contributed by atoms with E-state index in [1.807, 2.05) is 51.1 Å². The Bertz CT molecular complexity index is 479. The van der Waals surface area contributed by atoms with Crippen LogP contribution in [0.1, 0.15) is 45.6 Å². The number of nitrogens with zero attached hydrogens (tertiary/aromatic N) is 1. The minimum atomic E-state index is -0.813. The molecule has 0 spiro atoms. The van der Waals surface area contributed by atoms with Gasteiger partial charge >= 0.3 is 12.1 Å². The molecule has 0 bridgehead atoms. The smallest absolute Gasteiger partial charge is 0.410 e. The van der Waals surface area contributed by atoms with Crippen LogP contribution in [0.25, 0.3) is 0 Å². The number of rotatable bonds is 7. The van der Waals surface area contributed by atoms with E-state index in [0.717, 1.165) is 5.56 Å². The summed E-state index contributed by atoms with van der Waals surface area (Å²) >= 11 is 0. The van der Waals surface area contributed by atoms with Crippen LogP contribution < -0.4 is 0 Å². The summed E-state index contributed by atoms with van der Waals surface area (Å²) in [7, 11) is 0. The average molecular weight is 307 g/mol. The first-order valence-corrected chi connectivity index (χ1v) is 7.51. The van der Waals surface area contributed by atoms with Crippen LogP contribution in [0.15, 0.2) is 30.3 Å². The Morgan fingerprint density at radius 2 is 1.77 bits per heavy atom. The van der Waals surface area contributed by atoms with Crippen molar-refractivity contribution in [2.75, 3.05) is 6.54 Å². The maximum absolute atomic E-state index is 12.3. The number of amides is 1. The number of ether oxygens (including phenoxy) is 1. The lowest BCUT2D eigenvalue weighted by Gasteiger charge is -2.27. The standard InChI is InChI=1S/C17H25NO4/c1-17(2,3)22-16(21)18(12-8-7-11-15(19)20)13-14-9-5-4-6-10-14/h4-6,9-10H,7-8,11-13H2,1-3H3,(H,19,20). The SMILES string of the molecule is CC(C)(C)OC(=O)N(CCCCC(=O)O)Cc1ccccc1. The van der Waals surface area contributed by atoms with Gasteiger partial charge in [-0.2, -0.15) is 0 Å². The third-order valence-electron chi connectivity index (χ3n) is 2.94. The molecule has 0 saturated heterocycles. The van der Waals surface area contributed by atoms with Crippen molar-refractivity contribution < 1.29 is 19.4 Å². The highest BCUT2D eigenvalue weighted by Crippen LogP contribution is 2.14. The zero-order valence-electron chi connectivity index (χ0n) is 13.5. The van der Waals surface area contributed by atoms with Crippen LogP contribution in [0.5, 0.6) is 0 Å². The maximum atomic E-state index is 12.3. The van der Waals surface area contributed by atoms with Gasteiger partial charge in [-0.3, -0.25) is 4.79 Å². The van der Waals surface area contributed by atoms with Crippen molar-refractivity contribution in [3.05, 3.63) is 35.9 Å². The van der Waals surface area contributed by atoms with Gasteiger partial charge < -0.3 is 14.7 Å². The fourth-order valence-electron chi connectivity index (χ4n) is 1.94. The van der Waals surface area contributed by atoms with E-state index in [1.54, 1.807) is 4.90 Å². The highest BCUT2D eigenvalue weighted by molar-refractivity contribution is 5.68. The van der Waals surface area contributed by atoms with E-state index in [2.05, 4.69) is 0 Å². The van der Waals surface area contributed by atoms with E-state index in [4.69, 9.17) is 9.84 Å². The Morgan fingerprint density at radius 3 is 2.32 bits per heavy atom. The van der Waals surface area contributed by atoms with Crippen LogP contribution in [0.4, 0.5) is 4.79 Å². The first-order valence-electron chi connectivity index (χ1n) is 7.51. The Labute approximate surface area is 131 Å². The van der Waals surface area contributed by atoms with Crippen molar-refractivity contribution in [3.8, 4) is 0 Å². The monoisotopic (exact) mass is 307 g/mol. The molecule has 1 aromatic rings. The number of carboxylic acid groups (broad SMARTS) is 1. The summed E-state index contributed by atoms with van der Waals surface area (Å²) in [6, 6.07) is 9.68. The zero-order chi connectivity index (χ0) is 16.6. The van der Waals surface area contributed by atoms with E-state index < -0.39 is 11.6 Å². The summed E-state index contributed by atoms with van der Waals surface area (Å²) in [6.07, 6.45) is 0.932. The predicted molar refractivity (Wildman–Crippen MR) is 84.6 cm³/mol. The fraction of sp³-hybridized carbons (Fsp3) is 0.529. The molecule has 0 saturated carbocycles. The lowest BCUT2D eigenvalue weighted by atomic mass is 10.2. The second-order valence-corrected chi connectivity index (χ2v) is 6.24. The second-order valence-electron chi connectivity index (χ2n) is 6.24. The number of carbonyl (C=O) groups is 2. The molecule has 0 radical (unpaired) electrons. The quantitative estimate of drug-likeness (QED) is 0.780. The van der Waals surface area contributed by atoms with Crippen LogP contribution in [0.3, 0.4) is 0 Å². The summed E-state index contributed by atoms with van der Waals surface area (Å²) < 4.78 is 5.42. The first-order chi connectivity index (χ1) is 10.3. The molecule has 0 fully saturated rings. The molecule has 0 aliphatic heterocycles. The number of unbranched alkanes of at least 4 members (excludes halogenated alkanes) is 1. The van der Waals surface area contributed by atoms with Gasteiger partial charge in [0.1, 0.15) is 5.60 Å². The summed E-state index contributed by atoms with van der Waals surface area (Å²) in [5.74, 6) is -0.813. The molecule has 1 aromatic carbocycles. The van der Waals surface area contributed by atoms with Crippen LogP contribution in [0.2, 0.25) is 0 Å². The molecule has 0 atom stereocenters. The van der Waals surface area contributed by atoms with E-state index in [9.17, 15) is 9.59 Å². The largest absolute Gasteiger partial charge is 0.481 e. The van der Waals surface area contributed by atoms with Gasteiger partial charge in [0.15, 0.2) is 0 Å². The molecule has 1 N–H and O–H groups in total. The summed E-state index contributed by atoms with van der Waals surface area (Å²) in [5, 5.41) is 8.67. The average Bonchev–Trinajstić information content (AvgIpc) is 2.41. The van der Waals surface area contributed by atoms with Crippen molar-refractivity contribution in [1.82, 2.24) is 4.90 Å². The first kappa shape index (κ1) is 18.0. The van der Waals surface area contributed by atoms with E-state index in [-0.39, 0.29) is 12.5 Å². The Kier molecular flexibility index (Phi) is 6.89. The van der Waals surface area contributed by atoms with Gasteiger partial charge in [0.2, 0.25) is 0 Å². The summed E-state index contributed by atoms with van der Waals surface area (Å²) in [5.41, 5.74) is 0.471. The van der Waals surface area contributed by atoms with Gasteiger partial charge in [0, 0.05) is 19.5 Å². The molecular weight excluding hydrogens is 282 g/mol. The van der Waals surface area contributed by atoms with Crippen molar-refractivity contribution in [3.63, 3.8) is 0 Å². The van der Waals surface area contributed by atoms with Crippen molar-refractivity contribution >= 4 is 12.1 Å². The molecular formula is C17H25NO4. The van der Waals surface area contributed by atoms with E-state index in [0.29, 0.717) is 25.9 Å². The van der Waals surface area contributed by atoms with Crippen LogP contribution in [0, 0.1) is 0 Å². The highest BCUT2D eigenvalue weighted by atomic mass is 16.6. The molecule has 0 aliphatic rings. The number of aliphatic carboxylic acids is 1. The molecule has 0 unspecified atom stereocenters. The Balaban J connectivity index is 2.63. The third-order valence-corrected chi connectivity index (χ3v) is 2.94. The molecule has 1 rings (SSSR count). The molecule has 1 amide bonds.